The van der Waals surface area contributed by atoms with Crippen LogP contribution in [0.1, 0.15) is 34.1 Å². The second kappa shape index (κ2) is 4.45. The molecule has 0 rings (SSSR count). The number of hydrogen-bond acceptors (Lipinski definition) is 3. The first-order valence-electron chi connectivity index (χ1n) is 4.26. The molecule has 0 saturated heterocycles. The summed E-state index contributed by atoms with van der Waals surface area (Å²) in [6.07, 6.45) is 0.277. The van der Waals surface area contributed by atoms with Gasteiger partial charge in [-0.25, -0.2) is 0 Å². The molecular weight excluding hydrogens is 154 g/mol. The maximum absolute atomic E-state index is 11.1. The standard InChI is InChI=1S/C9H19NO2/c1-7(2)6-12-8(11)5-9(3,4)10/h7H,5-6,10H2,1-4H3. The van der Waals surface area contributed by atoms with Crippen molar-refractivity contribution in [2.24, 2.45) is 11.7 Å². The van der Waals surface area contributed by atoms with Crippen LogP contribution in [0.2, 0.25) is 0 Å². The molecular formula is C9H19NO2. The predicted octanol–water partition coefficient (Wildman–Crippen LogP) is 1.31. The van der Waals surface area contributed by atoms with Crippen molar-refractivity contribution in [3.8, 4) is 0 Å². The zero-order valence-corrected chi connectivity index (χ0v) is 8.39. The zero-order chi connectivity index (χ0) is 9.78. The molecule has 0 unspecified atom stereocenters. The van der Waals surface area contributed by atoms with E-state index in [9.17, 15) is 4.79 Å². The number of rotatable bonds is 4. The van der Waals surface area contributed by atoms with Crippen molar-refractivity contribution in [3.05, 3.63) is 0 Å². The quantitative estimate of drug-likeness (QED) is 0.652. The summed E-state index contributed by atoms with van der Waals surface area (Å²) >= 11 is 0. The van der Waals surface area contributed by atoms with Gasteiger partial charge in [0.15, 0.2) is 0 Å². The first-order valence-corrected chi connectivity index (χ1v) is 4.26. The molecule has 0 aromatic rings. The van der Waals surface area contributed by atoms with Crippen LogP contribution >= 0.6 is 0 Å². The van der Waals surface area contributed by atoms with E-state index < -0.39 is 5.54 Å². The van der Waals surface area contributed by atoms with E-state index in [1.807, 2.05) is 27.7 Å². The number of nitrogens with two attached hydrogens (primary N) is 1. The molecule has 0 heterocycles. The van der Waals surface area contributed by atoms with E-state index in [4.69, 9.17) is 10.5 Å². The highest BCUT2D eigenvalue weighted by molar-refractivity contribution is 5.70. The van der Waals surface area contributed by atoms with Gasteiger partial charge in [-0.3, -0.25) is 4.79 Å². The highest BCUT2D eigenvalue weighted by atomic mass is 16.5. The lowest BCUT2D eigenvalue weighted by Gasteiger charge is -2.17. The molecule has 72 valence electrons. The average Bonchev–Trinajstić information content (AvgIpc) is 1.79. The molecule has 0 saturated carbocycles. The lowest BCUT2D eigenvalue weighted by Crippen LogP contribution is -2.35. The Hall–Kier alpha value is -0.570. The second-order valence-corrected chi connectivity index (χ2v) is 4.24. The van der Waals surface area contributed by atoms with Gasteiger partial charge in [0.05, 0.1) is 13.0 Å². The van der Waals surface area contributed by atoms with Crippen molar-refractivity contribution in [3.63, 3.8) is 0 Å². The Kier molecular flexibility index (Phi) is 4.24. The molecule has 0 spiro atoms. The van der Waals surface area contributed by atoms with Crippen LogP contribution in [-0.4, -0.2) is 18.1 Å². The molecule has 0 aliphatic rings. The van der Waals surface area contributed by atoms with Gasteiger partial charge in [0.2, 0.25) is 0 Å². The molecule has 3 heteroatoms. The van der Waals surface area contributed by atoms with Crippen molar-refractivity contribution >= 4 is 5.97 Å². The Morgan fingerprint density at radius 2 is 2.00 bits per heavy atom. The fourth-order valence-corrected chi connectivity index (χ4v) is 0.683. The fraction of sp³-hybridized carbons (Fsp3) is 0.889. The minimum atomic E-state index is -0.464. The van der Waals surface area contributed by atoms with Crippen LogP contribution in [0.25, 0.3) is 0 Å². The highest BCUT2D eigenvalue weighted by Crippen LogP contribution is 2.05. The molecule has 0 aromatic carbocycles. The highest BCUT2D eigenvalue weighted by Gasteiger charge is 2.17. The van der Waals surface area contributed by atoms with Crippen molar-refractivity contribution in [2.45, 2.75) is 39.7 Å². The fourth-order valence-electron chi connectivity index (χ4n) is 0.683. The number of hydrogen-bond donors (Lipinski definition) is 1. The third kappa shape index (κ3) is 7.54. The molecule has 3 nitrogen and oxygen atoms in total. The third-order valence-corrected chi connectivity index (χ3v) is 1.18. The predicted molar refractivity (Wildman–Crippen MR) is 48.7 cm³/mol. The second-order valence-electron chi connectivity index (χ2n) is 4.24. The summed E-state index contributed by atoms with van der Waals surface area (Å²) in [6, 6.07) is 0. The van der Waals surface area contributed by atoms with Crippen molar-refractivity contribution in [1.29, 1.82) is 0 Å². The van der Waals surface area contributed by atoms with Crippen molar-refractivity contribution in [2.75, 3.05) is 6.61 Å². The van der Waals surface area contributed by atoms with Gasteiger partial charge in [-0.05, 0) is 19.8 Å². The largest absolute Gasteiger partial charge is 0.465 e. The maximum Gasteiger partial charge on any atom is 0.307 e. The maximum atomic E-state index is 11.1. The molecule has 0 aromatic heterocycles. The Balaban J connectivity index is 3.61. The topological polar surface area (TPSA) is 52.3 Å². The molecule has 0 radical (unpaired) electrons. The summed E-state index contributed by atoms with van der Waals surface area (Å²) in [5.41, 5.74) is 5.18. The smallest absolute Gasteiger partial charge is 0.307 e. The Morgan fingerprint density at radius 1 is 1.50 bits per heavy atom. The van der Waals surface area contributed by atoms with Gasteiger partial charge in [-0.2, -0.15) is 0 Å². The Bertz CT molecular complexity index is 147. The first-order chi connectivity index (χ1) is 5.31. The number of carbonyl (C=O) groups is 1. The van der Waals surface area contributed by atoms with Crippen LogP contribution in [0.15, 0.2) is 0 Å². The van der Waals surface area contributed by atoms with E-state index in [-0.39, 0.29) is 12.4 Å². The third-order valence-electron chi connectivity index (χ3n) is 1.18. The summed E-state index contributed by atoms with van der Waals surface area (Å²) in [5.74, 6) is 0.172. The van der Waals surface area contributed by atoms with E-state index in [0.717, 1.165) is 0 Å². The average molecular weight is 173 g/mol. The lowest BCUT2D eigenvalue weighted by molar-refractivity contribution is -0.145. The monoisotopic (exact) mass is 173 g/mol. The van der Waals surface area contributed by atoms with Crippen LogP contribution in [0.5, 0.6) is 0 Å². The molecule has 0 fully saturated rings. The van der Waals surface area contributed by atoms with E-state index >= 15 is 0 Å². The number of ether oxygens (including phenoxy) is 1. The van der Waals surface area contributed by atoms with Crippen LogP contribution in [0.4, 0.5) is 0 Å². The van der Waals surface area contributed by atoms with Gasteiger partial charge in [0.25, 0.3) is 0 Å². The van der Waals surface area contributed by atoms with E-state index in [0.29, 0.717) is 12.5 Å². The lowest BCUT2D eigenvalue weighted by atomic mass is 10.0. The summed E-state index contributed by atoms with van der Waals surface area (Å²) in [4.78, 5) is 11.1. The SMILES string of the molecule is CC(C)COC(=O)CC(C)(C)N. The molecule has 12 heavy (non-hydrogen) atoms. The van der Waals surface area contributed by atoms with E-state index in [1.165, 1.54) is 0 Å². The van der Waals surface area contributed by atoms with Gasteiger partial charge in [-0.15, -0.1) is 0 Å². The number of carbonyl (C=O) groups excluding carboxylic acids is 1. The first kappa shape index (κ1) is 11.4. The molecule has 0 bridgehead atoms. The van der Waals surface area contributed by atoms with Crippen LogP contribution < -0.4 is 5.73 Å². The molecule has 0 amide bonds. The van der Waals surface area contributed by atoms with E-state index in [1.54, 1.807) is 0 Å². The van der Waals surface area contributed by atoms with Crippen LogP contribution in [-0.2, 0) is 9.53 Å². The van der Waals surface area contributed by atoms with Crippen LogP contribution in [0, 0.1) is 5.92 Å². The Labute approximate surface area is 74.3 Å². The van der Waals surface area contributed by atoms with Gasteiger partial charge in [0, 0.05) is 5.54 Å². The zero-order valence-electron chi connectivity index (χ0n) is 8.39. The van der Waals surface area contributed by atoms with Gasteiger partial charge in [-0.1, -0.05) is 13.8 Å². The minimum Gasteiger partial charge on any atom is -0.465 e. The van der Waals surface area contributed by atoms with Gasteiger partial charge in [0.1, 0.15) is 0 Å². The summed E-state index contributed by atoms with van der Waals surface area (Å²) in [5, 5.41) is 0. The molecule has 0 atom stereocenters. The van der Waals surface area contributed by atoms with Crippen molar-refractivity contribution in [1.82, 2.24) is 0 Å². The summed E-state index contributed by atoms with van der Waals surface area (Å²) in [6.45, 7) is 8.10. The van der Waals surface area contributed by atoms with E-state index in [2.05, 4.69) is 0 Å². The minimum absolute atomic E-state index is 0.212. The van der Waals surface area contributed by atoms with Gasteiger partial charge >= 0.3 is 5.97 Å². The van der Waals surface area contributed by atoms with Crippen LogP contribution in [0.3, 0.4) is 0 Å². The number of esters is 1. The Morgan fingerprint density at radius 3 is 2.33 bits per heavy atom. The van der Waals surface area contributed by atoms with Crippen molar-refractivity contribution < 1.29 is 9.53 Å². The summed E-state index contributed by atoms with van der Waals surface area (Å²) < 4.78 is 4.96. The normalized spacial score (nSPS) is 11.8. The molecule has 0 aliphatic heterocycles. The molecule has 0 aliphatic carbocycles. The molecule has 2 N–H and O–H groups in total. The van der Waals surface area contributed by atoms with Gasteiger partial charge < -0.3 is 10.5 Å². The summed E-state index contributed by atoms with van der Waals surface area (Å²) in [7, 11) is 0.